The summed E-state index contributed by atoms with van der Waals surface area (Å²) in [6.07, 6.45) is 2.68. The van der Waals surface area contributed by atoms with Gasteiger partial charge in [-0.05, 0) is 38.0 Å². The molecule has 106 valence electrons. The highest BCUT2D eigenvalue weighted by molar-refractivity contribution is 5.96. The summed E-state index contributed by atoms with van der Waals surface area (Å²) >= 11 is 0. The van der Waals surface area contributed by atoms with Crippen LogP contribution in [0.25, 0.3) is 0 Å². The number of carbonyl (C=O) groups excluding carboxylic acids is 1. The van der Waals surface area contributed by atoms with Gasteiger partial charge in [-0.25, -0.2) is 4.98 Å². The minimum atomic E-state index is -0.00916. The fourth-order valence-electron chi connectivity index (χ4n) is 2.30. The van der Waals surface area contributed by atoms with E-state index in [4.69, 9.17) is 4.74 Å². The third-order valence-corrected chi connectivity index (χ3v) is 3.52. The Bertz CT molecular complexity index is 632. The lowest BCUT2D eigenvalue weighted by molar-refractivity contribution is 0.0974. The molecule has 0 amide bonds. The van der Waals surface area contributed by atoms with Crippen molar-refractivity contribution < 1.29 is 9.53 Å². The highest BCUT2D eigenvalue weighted by atomic mass is 16.5. The largest absolute Gasteiger partial charge is 0.494 e. The van der Waals surface area contributed by atoms with Gasteiger partial charge in [0.1, 0.15) is 11.4 Å². The van der Waals surface area contributed by atoms with Crippen LogP contribution in [-0.2, 0) is 13.5 Å². The monoisotopic (exact) mass is 273 g/mol. The Kier molecular flexibility index (Phi) is 4.17. The number of aromatic nitrogens is 3. The molecule has 0 N–H and O–H groups in total. The maximum Gasteiger partial charge on any atom is 0.185 e. The van der Waals surface area contributed by atoms with E-state index in [1.807, 2.05) is 25.6 Å². The Morgan fingerprint density at radius 3 is 2.75 bits per heavy atom. The first-order valence-corrected chi connectivity index (χ1v) is 6.56. The van der Waals surface area contributed by atoms with E-state index in [9.17, 15) is 4.79 Å². The van der Waals surface area contributed by atoms with Crippen LogP contribution in [0.4, 0.5) is 0 Å². The summed E-state index contributed by atoms with van der Waals surface area (Å²) in [6, 6.07) is 3.51. The molecule has 0 bridgehead atoms. The van der Waals surface area contributed by atoms with Crippen molar-refractivity contribution >= 4 is 5.78 Å². The second-order valence-corrected chi connectivity index (χ2v) is 4.75. The minimum absolute atomic E-state index is 0.00916. The van der Waals surface area contributed by atoms with E-state index in [-0.39, 0.29) is 5.78 Å². The Labute approximate surface area is 118 Å². The first kappa shape index (κ1) is 14.2. The number of ether oxygens (including phenoxy) is 1. The lowest BCUT2D eigenvalue weighted by Crippen LogP contribution is -2.07. The molecule has 2 aromatic heterocycles. The minimum Gasteiger partial charge on any atom is -0.494 e. The van der Waals surface area contributed by atoms with Gasteiger partial charge in [0.2, 0.25) is 0 Å². The van der Waals surface area contributed by atoms with Crippen LogP contribution in [0.3, 0.4) is 0 Å². The molecule has 5 nitrogen and oxygen atoms in total. The first-order valence-electron chi connectivity index (χ1n) is 6.56. The Morgan fingerprint density at radius 2 is 2.15 bits per heavy atom. The number of pyridine rings is 1. The fourth-order valence-corrected chi connectivity index (χ4v) is 2.30. The van der Waals surface area contributed by atoms with E-state index in [0.29, 0.717) is 24.3 Å². The van der Waals surface area contributed by atoms with Gasteiger partial charge in [-0.2, -0.15) is 5.10 Å². The van der Waals surface area contributed by atoms with Crippen LogP contribution in [0, 0.1) is 13.8 Å². The van der Waals surface area contributed by atoms with E-state index >= 15 is 0 Å². The third kappa shape index (κ3) is 2.71. The van der Waals surface area contributed by atoms with Crippen LogP contribution in [-0.4, -0.2) is 27.7 Å². The van der Waals surface area contributed by atoms with E-state index in [1.54, 1.807) is 25.4 Å². The van der Waals surface area contributed by atoms with Crippen molar-refractivity contribution in [1.29, 1.82) is 0 Å². The molecule has 0 radical (unpaired) electrons. The molecule has 0 aromatic carbocycles. The second kappa shape index (κ2) is 5.86. The number of hydrogen-bond acceptors (Lipinski definition) is 4. The molecule has 2 rings (SSSR count). The van der Waals surface area contributed by atoms with Crippen molar-refractivity contribution in [2.45, 2.75) is 26.7 Å². The zero-order valence-electron chi connectivity index (χ0n) is 12.3. The Morgan fingerprint density at radius 1 is 1.40 bits per heavy atom. The van der Waals surface area contributed by atoms with Crippen molar-refractivity contribution in [2.75, 3.05) is 7.11 Å². The van der Waals surface area contributed by atoms with E-state index in [0.717, 1.165) is 17.0 Å². The number of hydrogen-bond donors (Lipinski definition) is 0. The van der Waals surface area contributed by atoms with E-state index in [1.165, 1.54) is 0 Å². The average molecular weight is 273 g/mol. The van der Waals surface area contributed by atoms with Gasteiger partial charge < -0.3 is 4.74 Å². The van der Waals surface area contributed by atoms with Gasteiger partial charge in [-0.1, -0.05) is 0 Å². The topological polar surface area (TPSA) is 57.0 Å². The van der Waals surface area contributed by atoms with Crippen molar-refractivity contribution in [1.82, 2.24) is 14.8 Å². The van der Waals surface area contributed by atoms with Gasteiger partial charge in [-0.3, -0.25) is 9.48 Å². The number of rotatable bonds is 5. The van der Waals surface area contributed by atoms with Crippen LogP contribution in [0.2, 0.25) is 0 Å². The number of methoxy groups -OCH3 is 1. The van der Waals surface area contributed by atoms with Gasteiger partial charge in [0, 0.05) is 25.4 Å². The summed E-state index contributed by atoms with van der Waals surface area (Å²) in [6.45, 7) is 3.98. The van der Waals surface area contributed by atoms with Crippen molar-refractivity contribution in [3.63, 3.8) is 0 Å². The van der Waals surface area contributed by atoms with E-state index in [2.05, 4.69) is 10.1 Å². The molecule has 0 unspecified atom stereocenters. The molecule has 5 heteroatoms. The lowest BCUT2D eigenvalue weighted by Gasteiger charge is -2.06. The maximum absolute atomic E-state index is 12.3. The highest BCUT2D eigenvalue weighted by Crippen LogP contribution is 2.19. The number of ketones is 1. The number of carbonyl (C=O) groups is 1. The van der Waals surface area contributed by atoms with Crippen molar-refractivity contribution in [2.24, 2.45) is 7.05 Å². The fraction of sp³-hybridized carbons (Fsp3) is 0.400. The molecular weight excluding hydrogens is 254 g/mol. The van der Waals surface area contributed by atoms with Gasteiger partial charge in [0.25, 0.3) is 0 Å². The molecule has 0 aliphatic carbocycles. The van der Waals surface area contributed by atoms with Crippen LogP contribution >= 0.6 is 0 Å². The second-order valence-electron chi connectivity index (χ2n) is 4.75. The molecule has 20 heavy (non-hydrogen) atoms. The first-order chi connectivity index (χ1) is 9.54. The molecular formula is C15H19N3O2. The maximum atomic E-state index is 12.3. The van der Waals surface area contributed by atoms with Gasteiger partial charge in [-0.15, -0.1) is 0 Å². The Balaban J connectivity index is 2.13. The van der Waals surface area contributed by atoms with Crippen LogP contribution < -0.4 is 4.74 Å². The number of aryl methyl sites for hydroxylation is 2. The van der Waals surface area contributed by atoms with Gasteiger partial charge in [0.15, 0.2) is 5.78 Å². The van der Waals surface area contributed by atoms with Crippen LogP contribution in [0.1, 0.15) is 33.9 Å². The predicted octanol–water partition coefficient (Wildman–Crippen LogP) is 2.26. The summed E-state index contributed by atoms with van der Waals surface area (Å²) in [5, 5.41) is 4.36. The van der Waals surface area contributed by atoms with Crippen molar-refractivity contribution in [3.05, 3.63) is 41.0 Å². The SMILES string of the molecule is COc1cccnc1C(=O)CCc1c(C)nn(C)c1C. The average Bonchev–Trinajstić information content (AvgIpc) is 2.70. The number of nitrogens with zero attached hydrogens (tertiary/aromatic N) is 3. The summed E-state index contributed by atoms with van der Waals surface area (Å²) in [5.74, 6) is 0.516. The number of Topliss-reactive ketones (excluding diaryl/α,β-unsaturated/α-hetero) is 1. The Hall–Kier alpha value is -2.17. The highest BCUT2D eigenvalue weighted by Gasteiger charge is 2.16. The van der Waals surface area contributed by atoms with Crippen molar-refractivity contribution in [3.8, 4) is 5.75 Å². The molecule has 0 saturated heterocycles. The summed E-state index contributed by atoms with van der Waals surface area (Å²) in [5.41, 5.74) is 3.61. The zero-order chi connectivity index (χ0) is 14.7. The molecule has 2 aromatic rings. The quantitative estimate of drug-likeness (QED) is 0.784. The molecule has 0 saturated carbocycles. The smallest absolute Gasteiger partial charge is 0.185 e. The molecule has 0 aliphatic heterocycles. The van der Waals surface area contributed by atoms with Gasteiger partial charge >= 0.3 is 0 Å². The zero-order valence-corrected chi connectivity index (χ0v) is 12.3. The predicted molar refractivity (Wildman–Crippen MR) is 76.1 cm³/mol. The normalized spacial score (nSPS) is 10.6. The molecule has 0 atom stereocenters. The molecule has 0 fully saturated rings. The van der Waals surface area contributed by atoms with Gasteiger partial charge in [0.05, 0.1) is 12.8 Å². The summed E-state index contributed by atoms with van der Waals surface area (Å²) < 4.78 is 7.01. The molecule has 2 heterocycles. The molecule has 0 spiro atoms. The van der Waals surface area contributed by atoms with Crippen LogP contribution in [0.5, 0.6) is 5.75 Å². The van der Waals surface area contributed by atoms with E-state index < -0.39 is 0 Å². The third-order valence-electron chi connectivity index (χ3n) is 3.52. The van der Waals surface area contributed by atoms with Crippen LogP contribution in [0.15, 0.2) is 18.3 Å². The lowest BCUT2D eigenvalue weighted by atomic mass is 10.0. The molecule has 0 aliphatic rings. The summed E-state index contributed by atoms with van der Waals surface area (Å²) in [7, 11) is 3.46. The standard InChI is InChI=1S/C15H19N3O2/c1-10-12(11(2)18(3)17-10)7-8-13(19)15-14(20-4)6-5-9-16-15/h5-6,9H,7-8H2,1-4H3. The summed E-state index contributed by atoms with van der Waals surface area (Å²) in [4.78, 5) is 16.4.